The minimum absolute atomic E-state index is 0. The second kappa shape index (κ2) is 8.93. The van der Waals surface area contributed by atoms with Crippen molar-refractivity contribution >= 4 is 35.2 Å². The average Bonchev–Trinajstić information content (AvgIpc) is 0.811. The molecule has 0 fully saturated rings. The molecule has 0 amide bonds. The first kappa shape index (κ1) is 6.13. The molecule has 0 aromatic heterocycles. The van der Waals surface area contributed by atoms with Gasteiger partial charge in [-0.05, 0) is 0 Å². The molecule has 24 valence electrons. The molecule has 0 atom stereocenters. The Labute approximate surface area is 70.4 Å². The summed E-state index contributed by atoms with van der Waals surface area (Å²) in [5, 5.41) is 0. The molecule has 0 unspecified atom stereocenters. The van der Waals surface area contributed by atoms with Gasteiger partial charge in [0, 0.05) is 31.1 Å². The fourth-order valence-corrected chi connectivity index (χ4v) is 0. The summed E-state index contributed by atoms with van der Waals surface area (Å²) in [5.74, 6) is 0. The van der Waals surface area contributed by atoms with E-state index in [1.54, 1.807) is 22.6 Å². The Morgan fingerprint density at radius 3 is 2.25 bits per heavy atom. The minimum Gasteiger partial charge on any atom is -0.359 e. The number of thiol groups is 1. The Kier molecular flexibility index (Phi) is 13.7. The predicted octanol–water partition coefficient (Wildman–Crippen LogP) is 1.47. The molecule has 0 spiro atoms. The van der Waals surface area contributed by atoms with E-state index in [1.807, 2.05) is 0 Å². The molecular formula is CH2ISU-. The molecule has 0 nitrogen and oxygen atoms in total. The van der Waals surface area contributed by atoms with Gasteiger partial charge < -0.3 is 35.2 Å². The third-order valence-corrected chi connectivity index (χ3v) is 0. The molecule has 0 aromatic rings. The van der Waals surface area contributed by atoms with Crippen molar-refractivity contribution in [3.8, 4) is 0 Å². The maximum absolute atomic E-state index is 6.35. The Morgan fingerprint density at radius 1 is 2.25 bits per heavy atom. The third-order valence-electron chi connectivity index (χ3n) is 0. The van der Waals surface area contributed by atoms with Crippen molar-refractivity contribution in [1.82, 2.24) is 0 Å². The molecule has 0 radical (unpaired) electrons. The molecule has 0 saturated carbocycles. The first-order valence-corrected chi connectivity index (χ1v) is 1.94. The van der Waals surface area contributed by atoms with E-state index >= 15 is 0 Å². The van der Waals surface area contributed by atoms with Crippen LogP contribution in [-0.2, 0) is 0 Å². The van der Waals surface area contributed by atoms with Gasteiger partial charge >= 0.3 is 0 Å². The zero-order chi connectivity index (χ0) is 3.58. The maximum Gasteiger partial charge on any atom is 0 e. The molecule has 0 aromatic carbocycles. The number of halogens is 1. The number of hydrogen-bond acceptors (Lipinski definition) is 1. The van der Waals surface area contributed by atoms with Crippen LogP contribution < -0.4 is 0 Å². The second-order valence-electron chi connectivity index (χ2n) is 0.0845. The molecule has 0 saturated heterocycles. The van der Waals surface area contributed by atoms with Crippen LogP contribution in [-0.4, -0.2) is 0 Å². The molecule has 0 aliphatic carbocycles. The van der Waals surface area contributed by atoms with E-state index in [9.17, 15) is 0 Å². The van der Waals surface area contributed by atoms with Crippen molar-refractivity contribution < 1.29 is 32.5 Å². The van der Waals surface area contributed by atoms with Crippen LogP contribution in [0.5, 0.6) is 0 Å². The van der Waals surface area contributed by atoms with Crippen LogP contribution in [0, 0.1) is 34.8 Å². The van der Waals surface area contributed by atoms with Crippen LogP contribution in [0.1, 0.15) is 1.37 Å². The summed E-state index contributed by atoms with van der Waals surface area (Å²) in [6.07, 6.45) is 0. The normalized spacial score (nSPS) is 9.25. The summed E-state index contributed by atoms with van der Waals surface area (Å²) in [6.45, 7) is 0. The van der Waals surface area contributed by atoms with Crippen molar-refractivity contribution in [2.45, 2.75) is 0 Å². The van der Waals surface area contributed by atoms with Gasteiger partial charge in [-0.1, -0.05) is 0 Å². The van der Waals surface area contributed by atoms with Gasteiger partial charge in [0.2, 0.25) is 0 Å². The Morgan fingerprint density at radius 2 is 2.25 bits per heavy atom. The van der Waals surface area contributed by atoms with Crippen molar-refractivity contribution in [1.29, 1.82) is 0 Å². The molecule has 0 N–H and O–H groups in total. The SMILES string of the molecule is [3H][C-](S)I.[U]. The first-order valence-electron chi connectivity index (χ1n) is 0.913. The number of rotatable bonds is 0. The zero-order valence-corrected chi connectivity index (χ0v) is 9.04. The molecule has 0 heterocycles. The summed E-state index contributed by atoms with van der Waals surface area (Å²) in [7, 11) is 0. The summed E-state index contributed by atoms with van der Waals surface area (Å²) in [5.41, 5.74) is 0. The molecule has 0 aliphatic heterocycles. The van der Waals surface area contributed by atoms with E-state index < -0.39 is 0 Å². The van der Waals surface area contributed by atoms with E-state index in [-0.39, 0.29) is 31.1 Å². The maximum atomic E-state index is 6.35. The Hall–Kier alpha value is 2.13. The fraction of sp³-hybridized carbons (Fsp3) is 0. The van der Waals surface area contributed by atoms with Gasteiger partial charge in [0.15, 0.2) is 0 Å². The molecule has 3 heteroatoms. The van der Waals surface area contributed by atoms with Crippen molar-refractivity contribution in [3.05, 3.63) is 3.74 Å². The van der Waals surface area contributed by atoms with Gasteiger partial charge in [0.25, 0.3) is 0 Å². The fourth-order valence-electron chi connectivity index (χ4n) is 0. The van der Waals surface area contributed by atoms with Gasteiger partial charge in [-0.3, -0.25) is 0 Å². The predicted molar refractivity (Wildman–Crippen MR) is 27.3 cm³/mol. The minimum atomic E-state index is 0. The number of hydrogen-bond donors (Lipinski definition) is 1. The second-order valence-corrected chi connectivity index (χ2v) is 1.70. The van der Waals surface area contributed by atoms with Crippen LogP contribution in [0.15, 0.2) is 0 Å². The van der Waals surface area contributed by atoms with Gasteiger partial charge in [-0.15, -0.1) is 0 Å². The monoisotopic (exact) mass is 413 g/mol. The molecular weight excluding hydrogens is 409 g/mol. The van der Waals surface area contributed by atoms with Gasteiger partial charge in [-0.2, -0.15) is 1.37 Å². The topological polar surface area (TPSA) is 0 Å². The zero-order valence-electron chi connectivity index (χ0n) is 2.83. The van der Waals surface area contributed by atoms with Crippen LogP contribution in [0.4, 0.5) is 0 Å². The van der Waals surface area contributed by atoms with Crippen LogP contribution >= 0.6 is 35.2 Å². The van der Waals surface area contributed by atoms with Gasteiger partial charge in [0.05, 0.1) is 0 Å². The van der Waals surface area contributed by atoms with E-state index in [2.05, 4.69) is 12.6 Å². The van der Waals surface area contributed by atoms with E-state index in [0.717, 1.165) is 0 Å². The summed E-state index contributed by atoms with van der Waals surface area (Å²) >= 11 is 5.33. The van der Waals surface area contributed by atoms with Crippen molar-refractivity contribution in [2.24, 2.45) is 0 Å². The van der Waals surface area contributed by atoms with Gasteiger partial charge in [0.1, 0.15) is 0 Å². The Balaban J connectivity index is 0. The Bertz CT molecular complexity index is 16.4. The molecule has 0 bridgehead atoms. The smallest absolute Gasteiger partial charge is 0 e. The van der Waals surface area contributed by atoms with Crippen LogP contribution in [0.25, 0.3) is 0 Å². The van der Waals surface area contributed by atoms with Crippen LogP contribution in [0.2, 0.25) is 0 Å². The van der Waals surface area contributed by atoms with Crippen molar-refractivity contribution in [3.63, 3.8) is 0 Å². The quantitative estimate of drug-likeness (QED) is 0.347. The summed E-state index contributed by atoms with van der Waals surface area (Å²) < 4.78 is 6.68. The van der Waals surface area contributed by atoms with Crippen molar-refractivity contribution in [2.75, 3.05) is 0 Å². The standard InChI is InChI=1S/CH2IS.U/c2-1-3;/h1,3H;/q-1;/i1T;. The first-order chi connectivity index (χ1) is 1.73. The summed E-state index contributed by atoms with van der Waals surface area (Å²) in [4.78, 5) is 0. The average molecular weight is 413 g/mol. The molecule has 4 heavy (non-hydrogen) atoms. The third kappa shape index (κ3) is 8.92. The molecule has 0 aliphatic rings. The summed E-state index contributed by atoms with van der Waals surface area (Å²) in [6, 6.07) is 0. The molecule has 0 rings (SSSR count). The van der Waals surface area contributed by atoms with E-state index in [1.165, 1.54) is 0 Å². The van der Waals surface area contributed by atoms with E-state index in [4.69, 9.17) is 1.37 Å². The van der Waals surface area contributed by atoms with Crippen LogP contribution in [0.3, 0.4) is 0 Å². The largest absolute Gasteiger partial charge is 0.359 e. The van der Waals surface area contributed by atoms with E-state index in [0.29, 0.717) is 3.74 Å². The van der Waals surface area contributed by atoms with Gasteiger partial charge in [-0.25, -0.2) is 3.74 Å².